The first-order chi connectivity index (χ1) is 8.51. The SMILES string of the molecule is CN=C(NCCc1ccsc1)NCCC(F)(F)F. The van der Waals surface area contributed by atoms with Crippen LogP contribution in [-0.2, 0) is 6.42 Å². The zero-order valence-corrected chi connectivity index (χ0v) is 10.9. The molecule has 2 N–H and O–H groups in total. The third-order valence-electron chi connectivity index (χ3n) is 2.21. The Morgan fingerprint density at radius 1 is 1.33 bits per heavy atom. The summed E-state index contributed by atoms with van der Waals surface area (Å²) < 4.78 is 35.8. The molecule has 0 aliphatic carbocycles. The summed E-state index contributed by atoms with van der Waals surface area (Å²) in [6.07, 6.45) is -4.18. The number of nitrogens with one attached hydrogen (secondary N) is 2. The normalized spacial score (nSPS) is 12.6. The maximum Gasteiger partial charge on any atom is 0.390 e. The zero-order chi connectivity index (χ0) is 13.4. The van der Waals surface area contributed by atoms with Gasteiger partial charge in [0, 0.05) is 20.1 Å². The minimum absolute atomic E-state index is 0.165. The molecule has 0 aliphatic rings. The smallest absolute Gasteiger partial charge is 0.356 e. The van der Waals surface area contributed by atoms with Gasteiger partial charge in [0.05, 0.1) is 6.42 Å². The number of guanidine groups is 1. The van der Waals surface area contributed by atoms with E-state index in [4.69, 9.17) is 0 Å². The van der Waals surface area contributed by atoms with Gasteiger partial charge in [-0.2, -0.15) is 24.5 Å². The highest BCUT2D eigenvalue weighted by Crippen LogP contribution is 2.17. The molecule has 0 bridgehead atoms. The molecule has 0 unspecified atom stereocenters. The minimum atomic E-state index is -4.14. The Bertz CT molecular complexity index is 360. The van der Waals surface area contributed by atoms with Crippen molar-refractivity contribution in [3.63, 3.8) is 0 Å². The highest BCUT2D eigenvalue weighted by atomic mass is 32.1. The fraction of sp³-hybridized carbons (Fsp3) is 0.545. The average molecular weight is 279 g/mol. The van der Waals surface area contributed by atoms with Crippen LogP contribution < -0.4 is 10.6 Å². The van der Waals surface area contributed by atoms with E-state index in [1.807, 2.05) is 16.8 Å². The first kappa shape index (κ1) is 14.8. The number of halogens is 3. The van der Waals surface area contributed by atoms with Gasteiger partial charge in [0.1, 0.15) is 0 Å². The molecular formula is C11H16F3N3S. The summed E-state index contributed by atoms with van der Waals surface area (Å²) in [6.45, 7) is 0.476. The van der Waals surface area contributed by atoms with Crippen molar-refractivity contribution in [1.82, 2.24) is 10.6 Å². The molecule has 1 rings (SSSR count). The topological polar surface area (TPSA) is 36.4 Å². The van der Waals surface area contributed by atoms with Gasteiger partial charge in [-0.1, -0.05) is 0 Å². The largest absolute Gasteiger partial charge is 0.390 e. The molecule has 1 aromatic rings. The average Bonchev–Trinajstić information content (AvgIpc) is 2.78. The molecular weight excluding hydrogens is 263 g/mol. The molecule has 0 saturated heterocycles. The van der Waals surface area contributed by atoms with E-state index in [0.717, 1.165) is 6.42 Å². The van der Waals surface area contributed by atoms with Gasteiger partial charge in [-0.05, 0) is 28.8 Å². The molecule has 102 valence electrons. The van der Waals surface area contributed by atoms with E-state index in [0.29, 0.717) is 12.5 Å². The Labute approximate surface area is 108 Å². The fourth-order valence-electron chi connectivity index (χ4n) is 1.30. The maximum absolute atomic E-state index is 11.9. The molecule has 0 spiro atoms. The standard InChI is InChI=1S/C11H16F3N3S/c1-15-10(17-6-4-11(12,13)14)16-5-2-9-3-7-18-8-9/h3,7-8H,2,4-6H2,1H3,(H2,15,16,17). The van der Waals surface area contributed by atoms with Gasteiger partial charge in [-0.15, -0.1) is 0 Å². The molecule has 7 heteroatoms. The van der Waals surface area contributed by atoms with Crippen LogP contribution in [0.4, 0.5) is 13.2 Å². The van der Waals surface area contributed by atoms with Crippen molar-refractivity contribution >= 4 is 17.3 Å². The molecule has 0 aliphatic heterocycles. The van der Waals surface area contributed by atoms with Crippen LogP contribution in [0, 0.1) is 0 Å². The van der Waals surface area contributed by atoms with Crippen LogP contribution >= 0.6 is 11.3 Å². The molecule has 0 amide bonds. The lowest BCUT2D eigenvalue weighted by atomic mass is 10.2. The minimum Gasteiger partial charge on any atom is -0.356 e. The van der Waals surface area contributed by atoms with Gasteiger partial charge in [-0.25, -0.2) is 0 Å². The van der Waals surface area contributed by atoms with Crippen molar-refractivity contribution in [2.24, 2.45) is 4.99 Å². The summed E-state index contributed by atoms with van der Waals surface area (Å²) >= 11 is 1.62. The zero-order valence-electron chi connectivity index (χ0n) is 10.0. The van der Waals surface area contributed by atoms with Gasteiger partial charge < -0.3 is 10.6 Å². The monoisotopic (exact) mass is 279 g/mol. The van der Waals surface area contributed by atoms with E-state index >= 15 is 0 Å². The van der Waals surface area contributed by atoms with Crippen LogP contribution in [0.2, 0.25) is 0 Å². The predicted octanol–water partition coefficient (Wildman–Crippen LogP) is 2.41. The Morgan fingerprint density at radius 2 is 2.06 bits per heavy atom. The number of thiophene rings is 1. The van der Waals surface area contributed by atoms with Crippen LogP contribution in [0.5, 0.6) is 0 Å². The van der Waals surface area contributed by atoms with Gasteiger partial charge in [0.25, 0.3) is 0 Å². The van der Waals surface area contributed by atoms with Crippen LogP contribution in [0.15, 0.2) is 21.8 Å². The Hall–Kier alpha value is -1.24. The van der Waals surface area contributed by atoms with Crippen LogP contribution in [0.3, 0.4) is 0 Å². The number of hydrogen-bond acceptors (Lipinski definition) is 2. The lowest BCUT2D eigenvalue weighted by Crippen LogP contribution is -2.39. The van der Waals surface area contributed by atoms with E-state index < -0.39 is 12.6 Å². The van der Waals surface area contributed by atoms with Crippen molar-refractivity contribution in [3.05, 3.63) is 22.4 Å². The Kier molecular flexibility index (Phi) is 5.97. The second kappa shape index (κ2) is 7.25. The quantitative estimate of drug-likeness (QED) is 0.641. The molecule has 0 radical (unpaired) electrons. The second-order valence-electron chi connectivity index (χ2n) is 3.67. The van der Waals surface area contributed by atoms with E-state index in [1.165, 1.54) is 12.6 Å². The first-order valence-corrected chi connectivity index (χ1v) is 6.48. The molecule has 1 heterocycles. The molecule has 1 aromatic heterocycles. The molecule has 0 aromatic carbocycles. The summed E-state index contributed by atoms with van der Waals surface area (Å²) in [4.78, 5) is 3.86. The molecule has 18 heavy (non-hydrogen) atoms. The van der Waals surface area contributed by atoms with Gasteiger partial charge >= 0.3 is 6.18 Å². The fourth-order valence-corrected chi connectivity index (χ4v) is 2.01. The second-order valence-corrected chi connectivity index (χ2v) is 4.45. The summed E-state index contributed by atoms with van der Waals surface area (Å²) in [6, 6.07) is 2.02. The van der Waals surface area contributed by atoms with E-state index in [-0.39, 0.29) is 6.54 Å². The van der Waals surface area contributed by atoms with Gasteiger partial charge in [0.2, 0.25) is 0 Å². The Morgan fingerprint density at radius 3 is 2.61 bits per heavy atom. The van der Waals surface area contributed by atoms with E-state index in [1.54, 1.807) is 11.3 Å². The summed E-state index contributed by atoms with van der Waals surface area (Å²) in [5.74, 6) is 0.398. The highest BCUT2D eigenvalue weighted by Gasteiger charge is 2.26. The van der Waals surface area contributed by atoms with E-state index in [9.17, 15) is 13.2 Å². The van der Waals surface area contributed by atoms with Crippen molar-refractivity contribution in [3.8, 4) is 0 Å². The van der Waals surface area contributed by atoms with Gasteiger partial charge in [0.15, 0.2) is 5.96 Å². The number of rotatable bonds is 5. The molecule has 0 saturated carbocycles. The third kappa shape index (κ3) is 6.48. The predicted molar refractivity (Wildman–Crippen MR) is 68.1 cm³/mol. The maximum atomic E-state index is 11.9. The molecule has 0 fully saturated rings. The third-order valence-corrected chi connectivity index (χ3v) is 2.94. The van der Waals surface area contributed by atoms with Crippen molar-refractivity contribution < 1.29 is 13.2 Å². The van der Waals surface area contributed by atoms with Crippen LogP contribution in [-0.4, -0.2) is 32.3 Å². The Balaban J connectivity index is 2.18. The number of aliphatic imine (C=N–C) groups is 1. The first-order valence-electron chi connectivity index (χ1n) is 5.53. The van der Waals surface area contributed by atoms with Crippen molar-refractivity contribution in [1.29, 1.82) is 0 Å². The summed E-state index contributed by atoms with van der Waals surface area (Å²) in [5.41, 5.74) is 1.21. The highest BCUT2D eigenvalue weighted by molar-refractivity contribution is 7.07. The lowest BCUT2D eigenvalue weighted by molar-refractivity contribution is -0.132. The van der Waals surface area contributed by atoms with Crippen LogP contribution in [0.1, 0.15) is 12.0 Å². The molecule has 0 atom stereocenters. The number of alkyl halides is 3. The van der Waals surface area contributed by atoms with Crippen molar-refractivity contribution in [2.45, 2.75) is 19.0 Å². The van der Waals surface area contributed by atoms with Crippen LogP contribution in [0.25, 0.3) is 0 Å². The summed E-state index contributed by atoms with van der Waals surface area (Å²) in [5, 5.41) is 9.63. The lowest BCUT2D eigenvalue weighted by Gasteiger charge is -2.12. The van der Waals surface area contributed by atoms with E-state index in [2.05, 4.69) is 15.6 Å². The van der Waals surface area contributed by atoms with Crippen molar-refractivity contribution in [2.75, 3.05) is 20.1 Å². The molecule has 3 nitrogen and oxygen atoms in total. The number of hydrogen-bond donors (Lipinski definition) is 2. The van der Waals surface area contributed by atoms with Gasteiger partial charge in [-0.3, -0.25) is 4.99 Å². The number of nitrogens with zero attached hydrogens (tertiary/aromatic N) is 1. The summed E-state index contributed by atoms with van der Waals surface area (Å²) in [7, 11) is 1.54.